The average Bonchev–Trinajstić information content (AvgIpc) is 3.95. The van der Waals surface area contributed by atoms with E-state index in [0.29, 0.717) is 88.1 Å². The molecule has 14 nitrogen and oxygen atoms in total. The van der Waals surface area contributed by atoms with Gasteiger partial charge in [0.1, 0.15) is 6.29 Å². The van der Waals surface area contributed by atoms with Gasteiger partial charge in [-0.15, -0.1) is 0 Å². The van der Waals surface area contributed by atoms with Crippen molar-refractivity contribution in [3.05, 3.63) is 70.4 Å². The fourth-order valence-electron chi connectivity index (χ4n) is 14.1. The lowest BCUT2D eigenvalue weighted by Crippen LogP contribution is -2.80. The van der Waals surface area contributed by atoms with Gasteiger partial charge in [-0.1, -0.05) is 55.1 Å². The van der Waals surface area contributed by atoms with E-state index >= 15 is 4.79 Å². The summed E-state index contributed by atoms with van der Waals surface area (Å²) in [7, 11) is 6.17. The number of nitrogens with zero attached hydrogens (tertiary/aromatic N) is 3. The van der Waals surface area contributed by atoms with Gasteiger partial charge < -0.3 is 34.1 Å². The second-order valence-corrected chi connectivity index (χ2v) is 18.9. The molecule has 2 N–H and O–H groups in total. The highest BCUT2D eigenvalue weighted by atomic mass is 16.6. The van der Waals surface area contributed by atoms with Crippen LogP contribution in [0.3, 0.4) is 0 Å². The molecule has 3 saturated heterocycles. The summed E-state index contributed by atoms with van der Waals surface area (Å²) >= 11 is 0. The molecule has 1 spiro atoms. The Labute approximate surface area is 363 Å². The maximum absolute atomic E-state index is 15.4. The number of fused-ring (bicyclic) bond motifs is 5. The van der Waals surface area contributed by atoms with Gasteiger partial charge >= 0.3 is 17.9 Å². The van der Waals surface area contributed by atoms with E-state index in [1.54, 1.807) is 13.2 Å². The second-order valence-electron chi connectivity index (χ2n) is 18.9. The van der Waals surface area contributed by atoms with Crippen molar-refractivity contribution in [2.24, 2.45) is 28.1 Å². The largest absolute Gasteiger partial charge is 0.468 e. The summed E-state index contributed by atoms with van der Waals surface area (Å²) in [5, 5.41) is 25.4. The molecule has 6 heterocycles. The molecule has 3 unspecified atom stereocenters. The van der Waals surface area contributed by atoms with Crippen LogP contribution < -0.4 is 5.46 Å². The van der Waals surface area contributed by atoms with E-state index in [9.17, 15) is 29.4 Å². The molecular weight excluding hydrogens is 793 g/mol. The Bertz CT molecular complexity index is 2240. The number of hydrogen-bond donors (Lipinski definition) is 2. The summed E-state index contributed by atoms with van der Waals surface area (Å²) in [5.74, 6) is -3.14. The number of likely N-dealkylation sites (tertiary alicyclic amines) is 1. The topological polar surface area (TPSA) is 172 Å². The van der Waals surface area contributed by atoms with Crippen molar-refractivity contribution < 1.29 is 53.1 Å². The molecule has 62 heavy (non-hydrogen) atoms. The van der Waals surface area contributed by atoms with Crippen molar-refractivity contribution in [1.82, 2.24) is 14.7 Å². The molecule has 4 fully saturated rings. The summed E-state index contributed by atoms with van der Waals surface area (Å²) < 4.78 is 23.9. The third kappa shape index (κ3) is 5.63. The van der Waals surface area contributed by atoms with Gasteiger partial charge in [-0.3, -0.25) is 29.0 Å². The summed E-state index contributed by atoms with van der Waals surface area (Å²) in [4.78, 5) is 74.8. The molecule has 329 valence electrons. The number of allylic oxidation sites excluding steroid dienone is 1. The molecule has 8 aliphatic rings. The predicted molar refractivity (Wildman–Crippen MR) is 227 cm³/mol. The summed E-state index contributed by atoms with van der Waals surface area (Å²) in [6, 6.07) is 3.81. The van der Waals surface area contributed by atoms with E-state index in [1.807, 2.05) is 44.2 Å². The van der Waals surface area contributed by atoms with Crippen LogP contribution in [0, 0.1) is 28.1 Å². The Morgan fingerprint density at radius 3 is 2.42 bits per heavy atom. The predicted octanol–water partition coefficient (Wildman–Crippen LogP) is 2.14. The molecule has 1 saturated carbocycles. The van der Waals surface area contributed by atoms with E-state index < -0.39 is 75.6 Å². The van der Waals surface area contributed by atoms with Gasteiger partial charge in [0, 0.05) is 74.3 Å². The number of amides is 1. The van der Waals surface area contributed by atoms with Crippen molar-refractivity contribution in [2.75, 3.05) is 54.1 Å². The quantitative estimate of drug-likeness (QED) is 0.122. The lowest BCUT2D eigenvalue weighted by atomic mass is 9.46. The first-order valence-corrected chi connectivity index (χ1v) is 22.0. The molecule has 12 atom stereocenters. The minimum Gasteiger partial charge on any atom is -0.468 e. The van der Waals surface area contributed by atoms with E-state index in [1.165, 1.54) is 26.0 Å². The molecule has 0 aromatic heterocycles. The lowest BCUT2D eigenvalue weighted by molar-refractivity contribution is -0.242. The van der Waals surface area contributed by atoms with Crippen LogP contribution in [0.15, 0.2) is 59.2 Å². The Kier molecular flexibility index (Phi) is 10.4. The van der Waals surface area contributed by atoms with E-state index in [2.05, 4.69) is 23.2 Å². The van der Waals surface area contributed by atoms with E-state index in [0.717, 1.165) is 28.4 Å². The molecule has 1 amide bonds. The molecular formula is C47H57BN3O11. The zero-order valence-electron chi connectivity index (χ0n) is 36.4. The maximum Gasteiger partial charge on any atom is 0.344 e. The summed E-state index contributed by atoms with van der Waals surface area (Å²) in [6.07, 6.45) is 9.62. The third-order valence-corrected chi connectivity index (χ3v) is 16.3. The van der Waals surface area contributed by atoms with Crippen LogP contribution in [-0.4, -0.2) is 152 Å². The number of carbonyl (C=O) groups is 5. The number of ether oxygens (including phenoxy) is 4. The average molecular weight is 851 g/mol. The van der Waals surface area contributed by atoms with E-state index in [-0.39, 0.29) is 12.3 Å². The molecule has 9 rings (SSSR count). The number of piperidine rings is 1. The lowest BCUT2D eigenvalue weighted by Gasteiger charge is -2.63. The number of methoxy groups -OCH3 is 3. The van der Waals surface area contributed by atoms with Crippen LogP contribution in [-0.2, 0) is 38.1 Å². The number of aliphatic hydroxyl groups is 2. The van der Waals surface area contributed by atoms with Gasteiger partial charge in [-0.25, -0.2) is 4.79 Å². The minimum atomic E-state index is -2.54. The maximum atomic E-state index is 15.4. The first-order chi connectivity index (χ1) is 29.7. The van der Waals surface area contributed by atoms with Crippen molar-refractivity contribution >= 4 is 48.9 Å². The zero-order chi connectivity index (χ0) is 44.1. The van der Waals surface area contributed by atoms with Crippen molar-refractivity contribution in [3.8, 4) is 0 Å². The number of esters is 3. The highest BCUT2D eigenvalue weighted by Crippen LogP contribution is 2.70. The number of hydrogen-bond acceptors (Lipinski definition) is 13. The molecule has 15 heteroatoms. The van der Waals surface area contributed by atoms with Gasteiger partial charge in [0.15, 0.2) is 13.4 Å². The van der Waals surface area contributed by atoms with Crippen LogP contribution >= 0.6 is 0 Å². The van der Waals surface area contributed by atoms with Crippen molar-refractivity contribution in [1.29, 1.82) is 0 Å². The number of carbonyl (C=O) groups excluding carboxylic acids is 5. The van der Waals surface area contributed by atoms with Gasteiger partial charge in [0.25, 0.3) is 0 Å². The monoisotopic (exact) mass is 850 g/mol. The van der Waals surface area contributed by atoms with Gasteiger partial charge in [0.2, 0.25) is 12.0 Å². The van der Waals surface area contributed by atoms with Crippen LogP contribution in [0.5, 0.6) is 0 Å². The Hall–Kier alpha value is -4.41. The smallest absolute Gasteiger partial charge is 0.344 e. The molecule has 1 aromatic rings. The van der Waals surface area contributed by atoms with Crippen molar-refractivity contribution in [2.45, 2.75) is 94.8 Å². The highest BCUT2D eigenvalue weighted by Gasteiger charge is 2.82. The molecule has 6 aliphatic heterocycles. The van der Waals surface area contributed by atoms with Crippen LogP contribution in [0.25, 0.3) is 5.57 Å². The minimum absolute atomic E-state index is 0.161. The Morgan fingerprint density at radius 2 is 1.76 bits per heavy atom. The van der Waals surface area contributed by atoms with E-state index in [4.69, 9.17) is 18.9 Å². The van der Waals surface area contributed by atoms with Gasteiger partial charge in [-0.2, -0.15) is 0 Å². The van der Waals surface area contributed by atoms with Gasteiger partial charge in [0.05, 0.1) is 37.4 Å². The summed E-state index contributed by atoms with van der Waals surface area (Å²) in [5.41, 5.74) is -2.16. The SMILES string of the molecule is CC[C@]1(O)C[C@H]2CN(CCC3=C([B]c4ccc(C=O)cc43)[C@@](C(=O)OC)(C3C=C4C(=CC3OC)N(C=O)[C@H]3[C@@](O)(C(=O)OC)[C@H](OC(C)=O)[C@]5(CC)C=CCN6CC[C@]43[C@@H]65)C2)C1. The standard InChI is InChI=1S/C47H57BN3O11/c1-7-43(57)21-29-22-46(41(55)60-5,37-30(12-16-49(23-29)25-43)31-18-28(24-52)10-11-34(31)48-37)33-19-32-35(20-36(33)59-4)51(26-53)39-45(32)14-17-50-15-9-13-44(8-2,38(45)50)40(62-27(3)54)47(39,58)42(56)61-6/h9-11,13,18-20,24,26,29,33,36,38-40,57-58H,7-8,12,14-17,21-23,25H2,1-6H3/t29-,33?,36?,38+,39-,40-,43+,44-,45-,46+,47+/m1/s1. The van der Waals surface area contributed by atoms with Crippen LogP contribution in [0.1, 0.15) is 75.2 Å². The summed E-state index contributed by atoms with van der Waals surface area (Å²) in [6.45, 7) is 8.02. The Balaban J connectivity index is 1.34. The second kappa shape index (κ2) is 15.1. The number of rotatable bonds is 9. The van der Waals surface area contributed by atoms with Crippen molar-refractivity contribution in [3.63, 3.8) is 0 Å². The molecule has 2 aliphatic carbocycles. The zero-order valence-corrected chi connectivity index (χ0v) is 36.4. The Morgan fingerprint density at radius 1 is 0.984 bits per heavy atom. The molecule has 1 aromatic carbocycles. The first kappa shape index (κ1) is 42.9. The molecule has 2 bridgehead atoms. The van der Waals surface area contributed by atoms with Crippen LogP contribution in [0.4, 0.5) is 0 Å². The highest BCUT2D eigenvalue weighted by molar-refractivity contribution is 6.67. The fourth-order valence-corrected chi connectivity index (χ4v) is 14.1. The number of benzene rings is 1. The van der Waals surface area contributed by atoms with Crippen LogP contribution in [0.2, 0.25) is 0 Å². The van der Waals surface area contributed by atoms with Gasteiger partial charge in [-0.05, 0) is 79.8 Å². The number of aldehydes is 1. The third-order valence-electron chi connectivity index (χ3n) is 16.3. The molecule has 1 radical (unpaired) electrons. The normalized spacial score (nSPS) is 40.1. The first-order valence-electron chi connectivity index (χ1n) is 22.0. The fraction of sp³-hybridized carbons (Fsp3) is 0.596.